The zero-order chi connectivity index (χ0) is 21.3. The maximum Gasteiger partial charge on any atom is 0.225 e. The molecule has 5 nitrogen and oxygen atoms in total. The van der Waals surface area contributed by atoms with Crippen LogP contribution in [0.5, 0.6) is 0 Å². The van der Waals surface area contributed by atoms with E-state index in [4.69, 9.17) is 16.5 Å². The average molecular weight is 410 g/mol. The number of rotatable bonds is 3. The molecule has 2 fully saturated rings. The van der Waals surface area contributed by atoms with Crippen LogP contribution in [0.1, 0.15) is 24.8 Å². The van der Waals surface area contributed by atoms with Crippen molar-refractivity contribution in [1.82, 2.24) is 15.3 Å². The molecular formula is C26H27N5. The summed E-state index contributed by atoms with van der Waals surface area (Å²) in [5.41, 5.74) is 6.29. The molecule has 2 aliphatic heterocycles. The smallest absolute Gasteiger partial charge is 0.225 e. The summed E-state index contributed by atoms with van der Waals surface area (Å²) in [6, 6.07) is 16.2. The molecule has 2 saturated heterocycles. The number of hydrogen-bond acceptors (Lipinski definition) is 4. The van der Waals surface area contributed by atoms with Crippen molar-refractivity contribution in [3.8, 4) is 22.4 Å². The van der Waals surface area contributed by atoms with Crippen molar-refractivity contribution in [2.45, 2.75) is 26.2 Å². The van der Waals surface area contributed by atoms with Crippen LogP contribution in [0.15, 0.2) is 54.7 Å². The summed E-state index contributed by atoms with van der Waals surface area (Å²) in [5.74, 6) is 0.808. The van der Waals surface area contributed by atoms with Gasteiger partial charge in [0.1, 0.15) is 0 Å². The second kappa shape index (κ2) is 8.13. The van der Waals surface area contributed by atoms with Gasteiger partial charge < -0.3 is 10.2 Å². The van der Waals surface area contributed by atoms with Crippen LogP contribution in [0.3, 0.4) is 0 Å². The van der Waals surface area contributed by atoms with Gasteiger partial charge >= 0.3 is 0 Å². The van der Waals surface area contributed by atoms with E-state index in [1.54, 1.807) is 0 Å². The summed E-state index contributed by atoms with van der Waals surface area (Å²) in [6.07, 6.45) is 5.69. The van der Waals surface area contributed by atoms with Crippen LogP contribution in [0.4, 0.5) is 11.6 Å². The van der Waals surface area contributed by atoms with Gasteiger partial charge in [-0.25, -0.2) is 14.8 Å². The Balaban J connectivity index is 1.54. The molecule has 0 radical (unpaired) electrons. The third-order valence-corrected chi connectivity index (χ3v) is 6.69. The summed E-state index contributed by atoms with van der Waals surface area (Å²) < 4.78 is 0. The van der Waals surface area contributed by atoms with Crippen LogP contribution in [0, 0.1) is 18.9 Å². The van der Waals surface area contributed by atoms with Crippen molar-refractivity contribution < 1.29 is 0 Å². The lowest BCUT2D eigenvalue weighted by Gasteiger charge is -2.33. The Morgan fingerprint density at radius 1 is 1.03 bits per heavy atom. The zero-order valence-corrected chi connectivity index (χ0v) is 17.9. The summed E-state index contributed by atoms with van der Waals surface area (Å²) in [7, 11) is 0. The van der Waals surface area contributed by atoms with Crippen LogP contribution in [0.25, 0.3) is 27.2 Å². The number of hydrogen-bond donors (Lipinski definition) is 1. The molecule has 5 rings (SSSR count). The highest BCUT2D eigenvalue weighted by molar-refractivity contribution is 5.81. The van der Waals surface area contributed by atoms with E-state index < -0.39 is 0 Å². The summed E-state index contributed by atoms with van der Waals surface area (Å²) in [6.45, 7) is 13.6. The first-order valence-corrected chi connectivity index (χ1v) is 11.0. The molecule has 156 valence electrons. The number of anilines is 1. The Labute approximate surface area is 184 Å². The minimum atomic E-state index is 0.356. The van der Waals surface area contributed by atoms with E-state index in [2.05, 4.69) is 46.3 Å². The van der Waals surface area contributed by atoms with Crippen molar-refractivity contribution in [3.63, 3.8) is 0 Å². The van der Waals surface area contributed by atoms with Crippen LogP contribution >= 0.6 is 0 Å². The van der Waals surface area contributed by atoms with Gasteiger partial charge in [0.15, 0.2) is 5.69 Å². The number of aryl methyl sites for hydroxylation is 1. The molecule has 1 spiro atoms. The van der Waals surface area contributed by atoms with Crippen molar-refractivity contribution in [2.24, 2.45) is 5.41 Å². The van der Waals surface area contributed by atoms with Crippen LogP contribution in [-0.4, -0.2) is 36.1 Å². The predicted octanol–water partition coefficient (Wildman–Crippen LogP) is 5.25. The first-order valence-electron chi connectivity index (χ1n) is 11.0. The van der Waals surface area contributed by atoms with Crippen LogP contribution in [0.2, 0.25) is 0 Å². The van der Waals surface area contributed by atoms with Gasteiger partial charge in [-0.2, -0.15) is 0 Å². The molecule has 1 N–H and O–H groups in total. The Morgan fingerprint density at radius 2 is 1.81 bits per heavy atom. The molecule has 3 heterocycles. The van der Waals surface area contributed by atoms with Gasteiger partial charge in [-0.3, -0.25) is 0 Å². The molecule has 0 saturated carbocycles. The summed E-state index contributed by atoms with van der Waals surface area (Å²) in [4.78, 5) is 15.8. The van der Waals surface area contributed by atoms with E-state index in [0.29, 0.717) is 11.1 Å². The lowest BCUT2D eigenvalue weighted by Crippen LogP contribution is -2.42. The monoisotopic (exact) mass is 409 g/mol. The quantitative estimate of drug-likeness (QED) is 0.600. The number of aromatic nitrogens is 2. The Kier molecular flexibility index (Phi) is 5.17. The highest BCUT2D eigenvalue weighted by Crippen LogP contribution is 2.39. The van der Waals surface area contributed by atoms with Crippen LogP contribution in [-0.2, 0) is 0 Å². The fourth-order valence-corrected chi connectivity index (χ4v) is 4.87. The molecular weight excluding hydrogens is 382 g/mol. The summed E-state index contributed by atoms with van der Waals surface area (Å²) >= 11 is 0. The van der Waals surface area contributed by atoms with Crippen molar-refractivity contribution >= 4 is 11.6 Å². The average Bonchev–Trinajstić information content (AvgIpc) is 3.23. The first kappa shape index (κ1) is 19.7. The number of nitrogens with zero attached hydrogens (tertiary/aromatic N) is 4. The number of benzene rings is 2. The van der Waals surface area contributed by atoms with E-state index in [1.807, 2.05) is 30.5 Å². The number of nitrogens with one attached hydrogen (secondary N) is 1. The standard InChI is InChI=1S/C26H27N5/c1-19-4-6-20(7-5-19)23-16-29-25(30-24(23)21-8-10-22(27-2)11-9-21)31-15-13-26(18-31)12-3-14-28-17-26/h4-11,16,28H,3,12-15,17-18H2,1H3. The van der Waals surface area contributed by atoms with E-state index in [-0.39, 0.29) is 0 Å². The largest absolute Gasteiger partial charge is 0.340 e. The molecule has 1 unspecified atom stereocenters. The maximum atomic E-state index is 7.24. The molecule has 0 aliphatic carbocycles. The highest BCUT2D eigenvalue weighted by atomic mass is 15.3. The molecule has 5 heteroatoms. The topological polar surface area (TPSA) is 45.4 Å². The van der Waals surface area contributed by atoms with Crippen molar-refractivity contribution in [1.29, 1.82) is 0 Å². The molecule has 3 aromatic rings. The zero-order valence-electron chi connectivity index (χ0n) is 17.9. The molecule has 0 amide bonds. The second-order valence-electron chi connectivity index (χ2n) is 8.91. The summed E-state index contributed by atoms with van der Waals surface area (Å²) in [5, 5.41) is 3.58. The minimum Gasteiger partial charge on any atom is -0.340 e. The Hall–Kier alpha value is -3.23. The fraction of sp³-hybridized carbons (Fsp3) is 0.346. The molecule has 2 aliphatic rings. The highest BCUT2D eigenvalue weighted by Gasteiger charge is 2.39. The molecule has 31 heavy (non-hydrogen) atoms. The minimum absolute atomic E-state index is 0.356. The molecule has 1 atom stereocenters. The fourth-order valence-electron chi connectivity index (χ4n) is 4.87. The van der Waals surface area contributed by atoms with Crippen molar-refractivity contribution in [2.75, 3.05) is 31.1 Å². The molecule has 1 aromatic heterocycles. The van der Waals surface area contributed by atoms with E-state index >= 15 is 0 Å². The predicted molar refractivity (Wildman–Crippen MR) is 125 cm³/mol. The Bertz CT molecular complexity index is 1110. The third-order valence-electron chi connectivity index (χ3n) is 6.69. The van der Waals surface area contributed by atoms with Gasteiger partial charge in [-0.05, 0) is 43.9 Å². The lowest BCUT2D eigenvalue weighted by atomic mass is 9.80. The molecule has 2 aromatic carbocycles. The van der Waals surface area contributed by atoms with Gasteiger partial charge in [-0.1, -0.05) is 54.1 Å². The van der Waals surface area contributed by atoms with E-state index in [0.717, 1.165) is 54.5 Å². The van der Waals surface area contributed by atoms with Gasteiger partial charge in [0.2, 0.25) is 5.95 Å². The normalized spacial score (nSPS) is 20.7. The van der Waals surface area contributed by atoms with E-state index in [9.17, 15) is 0 Å². The van der Waals surface area contributed by atoms with Gasteiger partial charge in [0.05, 0.1) is 12.3 Å². The van der Waals surface area contributed by atoms with Gasteiger partial charge in [-0.15, -0.1) is 0 Å². The number of piperidine rings is 1. The second-order valence-corrected chi connectivity index (χ2v) is 8.91. The lowest BCUT2D eigenvalue weighted by molar-refractivity contribution is 0.239. The molecule has 0 bridgehead atoms. The maximum absolute atomic E-state index is 7.24. The third kappa shape index (κ3) is 3.92. The van der Waals surface area contributed by atoms with Gasteiger partial charge in [0.25, 0.3) is 0 Å². The SMILES string of the molecule is [C-]#[N+]c1ccc(-c2nc(N3CCC4(CCCNC4)C3)ncc2-c2ccc(C)cc2)cc1. The van der Waals surface area contributed by atoms with Crippen molar-refractivity contribution in [3.05, 3.63) is 71.7 Å². The van der Waals surface area contributed by atoms with Gasteiger partial charge in [0, 0.05) is 36.8 Å². The van der Waals surface area contributed by atoms with Crippen LogP contribution < -0.4 is 10.2 Å². The van der Waals surface area contributed by atoms with E-state index in [1.165, 1.54) is 24.8 Å². The Morgan fingerprint density at radius 3 is 2.52 bits per heavy atom. The first-order chi connectivity index (χ1) is 15.2.